The van der Waals surface area contributed by atoms with Crippen molar-refractivity contribution in [3.63, 3.8) is 0 Å². The molecule has 8 heteroatoms. The Kier molecular flexibility index (Phi) is 10.1. The Morgan fingerprint density at radius 1 is 1.00 bits per heavy atom. The van der Waals surface area contributed by atoms with Crippen molar-refractivity contribution in [3.8, 4) is 0 Å². The van der Waals surface area contributed by atoms with Gasteiger partial charge in [-0.2, -0.15) is 8.42 Å². The van der Waals surface area contributed by atoms with Crippen LogP contribution < -0.4 is 0 Å². The van der Waals surface area contributed by atoms with Crippen molar-refractivity contribution in [1.29, 1.82) is 0 Å². The number of rotatable bonds is 2. The standard InChI is InChI=1S/C8H16N2.H2O4S.Pt/c9-6-8(7-10)4-2-1-3-5-8;1-5(2,3)4;/h9-10H,1-7H2;(H2,1,2,3,4);/q-2;;+2. The molecule has 4 N–H and O–H groups in total. The third-order valence-electron chi connectivity index (χ3n) is 2.66. The molecule has 16 heavy (non-hydrogen) atoms. The van der Waals surface area contributed by atoms with Gasteiger partial charge in [-0.3, -0.25) is 9.11 Å². The molecular formula is C8H18N2O4PtS. The van der Waals surface area contributed by atoms with E-state index in [1.807, 2.05) is 0 Å². The molecule has 0 aromatic rings. The molecule has 0 aliphatic heterocycles. The van der Waals surface area contributed by atoms with E-state index in [2.05, 4.69) is 0 Å². The van der Waals surface area contributed by atoms with E-state index in [1.165, 1.54) is 19.3 Å². The molecule has 0 saturated heterocycles. The van der Waals surface area contributed by atoms with Crippen molar-refractivity contribution >= 4 is 10.4 Å². The summed E-state index contributed by atoms with van der Waals surface area (Å²) in [6, 6.07) is 0. The zero-order valence-corrected chi connectivity index (χ0v) is 12.0. The predicted molar refractivity (Wildman–Crippen MR) is 58.1 cm³/mol. The van der Waals surface area contributed by atoms with Gasteiger partial charge in [0.25, 0.3) is 0 Å². The zero-order valence-electron chi connectivity index (χ0n) is 8.89. The first kappa shape index (κ1) is 18.8. The minimum Gasteiger partial charge on any atom is -0.677 e. The van der Waals surface area contributed by atoms with Gasteiger partial charge in [0.15, 0.2) is 0 Å². The molecule has 6 nitrogen and oxygen atoms in total. The van der Waals surface area contributed by atoms with Crippen molar-refractivity contribution in [1.82, 2.24) is 0 Å². The molecule has 1 rings (SSSR count). The molecule has 0 aromatic carbocycles. The Morgan fingerprint density at radius 3 is 1.50 bits per heavy atom. The first-order valence-corrected chi connectivity index (χ1v) is 6.22. The molecule has 1 fully saturated rings. The third-order valence-corrected chi connectivity index (χ3v) is 2.66. The fourth-order valence-corrected chi connectivity index (χ4v) is 1.72. The van der Waals surface area contributed by atoms with Crippen LogP contribution in [0, 0.1) is 5.41 Å². The van der Waals surface area contributed by atoms with Gasteiger partial charge in [0.1, 0.15) is 0 Å². The normalized spacial score (nSPS) is 19.0. The van der Waals surface area contributed by atoms with Crippen LogP contribution >= 0.6 is 0 Å². The Balaban J connectivity index is 0. The molecule has 0 unspecified atom stereocenters. The molecule has 0 bridgehead atoms. The van der Waals surface area contributed by atoms with Crippen LogP contribution in [0.25, 0.3) is 11.5 Å². The average Bonchev–Trinajstić information content (AvgIpc) is 2.16. The molecule has 1 aliphatic rings. The first-order chi connectivity index (χ1) is 6.83. The van der Waals surface area contributed by atoms with Crippen molar-refractivity contribution in [3.05, 3.63) is 11.5 Å². The first-order valence-electron chi connectivity index (χ1n) is 4.82. The maximum Gasteiger partial charge on any atom is 2.00 e. The quantitative estimate of drug-likeness (QED) is 0.649. The molecule has 0 radical (unpaired) electrons. The van der Waals surface area contributed by atoms with Gasteiger partial charge >= 0.3 is 31.5 Å². The number of nitrogens with one attached hydrogen (secondary N) is 2. The molecule has 1 saturated carbocycles. The van der Waals surface area contributed by atoms with Crippen LogP contribution in [-0.2, 0) is 31.5 Å². The second-order valence-corrected chi connectivity index (χ2v) is 4.76. The second-order valence-electron chi connectivity index (χ2n) is 3.86. The molecule has 0 atom stereocenters. The van der Waals surface area contributed by atoms with Gasteiger partial charge in [-0.05, 0) is 0 Å². The second kappa shape index (κ2) is 8.55. The fourth-order valence-electron chi connectivity index (χ4n) is 1.72. The summed E-state index contributed by atoms with van der Waals surface area (Å²) in [5.41, 5.74) is 14.7. The van der Waals surface area contributed by atoms with Gasteiger partial charge < -0.3 is 11.5 Å². The summed E-state index contributed by atoms with van der Waals surface area (Å²) in [4.78, 5) is 0. The van der Waals surface area contributed by atoms with Gasteiger partial charge in [0.2, 0.25) is 0 Å². The van der Waals surface area contributed by atoms with Crippen LogP contribution in [0.4, 0.5) is 0 Å². The van der Waals surface area contributed by atoms with Crippen molar-refractivity contribution in [2.45, 2.75) is 32.1 Å². The van der Waals surface area contributed by atoms with Gasteiger partial charge in [-0.1, -0.05) is 37.5 Å². The van der Waals surface area contributed by atoms with Crippen LogP contribution in [0.1, 0.15) is 32.1 Å². The predicted octanol–water partition coefficient (Wildman–Crippen LogP) is 2.39. The van der Waals surface area contributed by atoms with Crippen LogP contribution in [0.15, 0.2) is 0 Å². The largest absolute Gasteiger partial charge is 2.00 e. The van der Waals surface area contributed by atoms with Gasteiger partial charge in [-0.15, -0.1) is 13.1 Å². The van der Waals surface area contributed by atoms with Crippen LogP contribution in [0.3, 0.4) is 0 Å². The smallest absolute Gasteiger partial charge is 0.677 e. The molecule has 1 aliphatic carbocycles. The molecule has 100 valence electrons. The minimum absolute atomic E-state index is 0. The van der Waals surface area contributed by atoms with Gasteiger partial charge in [-0.25, -0.2) is 0 Å². The molecule has 0 heterocycles. The molecule has 0 spiro atoms. The number of hydrogen-bond donors (Lipinski definition) is 2. The summed E-state index contributed by atoms with van der Waals surface area (Å²) in [6.07, 6.45) is 6.07. The summed E-state index contributed by atoms with van der Waals surface area (Å²) in [7, 11) is -4.67. The van der Waals surface area contributed by atoms with E-state index in [1.54, 1.807) is 0 Å². The fraction of sp³-hybridized carbons (Fsp3) is 1.00. The summed E-state index contributed by atoms with van der Waals surface area (Å²) in [5.74, 6) is 0. The van der Waals surface area contributed by atoms with Crippen LogP contribution in [-0.4, -0.2) is 30.6 Å². The van der Waals surface area contributed by atoms with Crippen molar-refractivity contribution in [2.24, 2.45) is 5.41 Å². The summed E-state index contributed by atoms with van der Waals surface area (Å²) in [6.45, 7) is 0.938. The monoisotopic (exact) mass is 433 g/mol. The van der Waals surface area contributed by atoms with Crippen molar-refractivity contribution in [2.75, 3.05) is 13.1 Å². The van der Waals surface area contributed by atoms with Crippen LogP contribution in [0.2, 0.25) is 0 Å². The van der Waals surface area contributed by atoms with Gasteiger partial charge in [0, 0.05) is 0 Å². The Labute approximate surface area is 111 Å². The van der Waals surface area contributed by atoms with E-state index in [-0.39, 0.29) is 26.5 Å². The van der Waals surface area contributed by atoms with E-state index in [4.69, 9.17) is 29.0 Å². The van der Waals surface area contributed by atoms with Crippen LogP contribution in [0.5, 0.6) is 0 Å². The minimum atomic E-state index is -4.67. The SMILES string of the molecule is O=S(=O)(O)O.[NH-]CC1(C[NH-])CCCCC1.[Pt+2]. The Hall–Kier alpha value is 0.478. The average molecular weight is 433 g/mol. The van der Waals surface area contributed by atoms with E-state index >= 15 is 0 Å². The maximum atomic E-state index is 8.74. The Morgan fingerprint density at radius 2 is 1.31 bits per heavy atom. The van der Waals surface area contributed by atoms with Gasteiger partial charge in [0.05, 0.1) is 0 Å². The van der Waals surface area contributed by atoms with E-state index in [0.29, 0.717) is 13.1 Å². The van der Waals surface area contributed by atoms with E-state index < -0.39 is 10.4 Å². The summed E-state index contributed by atoms with van der Waals surface area (Å²) in [5, 5.41) is 0. The van der Waals surface area contributed by atoms with E-state index in [9.17, 15) is 0 Å². The number of hydrogen-bond acceptors (Lipinski definition) is 2. The molecular weight excluding hydrogens is 415 g/mol. The topological polar surface area (TPSA) is 122 Å². The third kappa shape index (κ3) is 9.69. The summed E-state index contributed by atoms with van der Waals surface area (Å²) >= 11 is 0. The molecule has 0 amide bonds. The van der Waals surface area contributed by atoms with E-state index in [0.717, 1.165) is 12.8 Å². The molecule has 0 aromatic heterocycles. The maximum absolute atomic E-state index is 8.74. The van der Waals surface area contributed by atoms with Crippen molar-refractivity contribution < 1.29 is 38.6 Å². The zero-order chi connectivity index (χ0) is 11.9. The Bertz CT molecular complexity index is 251. The summed E-state index contributed by atoms with van der Waals surface area (Å²) < 4.78 is 31.6.